The van der Waals surface area contributed by atoms with Gasteiger partial charge in [-0.05, 0) is 19.1 Å². The fraction of sp³-hybridized carbons (Fsp3) is 0.400. The van der Waals surface area contributed by atoms with E-state index in [1.165, 1.54) is 15.6 Å². The minimum absolute atomic E-state index is 0.330. The second-order valence-corrected chi connectivity index (χ2v) is 7.08. The lowest BCUT2D eigenvalue weighted by molar-refractivity contribution is 0.495. The molecule has 0 saturated heterocycles. The van der Waals surface area contributed by atoms with Gasteiger partial charge in [-0.1, -0.05) is 12.2 Å². The van der Waals surface area contributed by atoms with Gasteiger partial charge in [0.15, 0.2) is 0 Å². The fourth-order valence-electron chi connectivity index (χ4n) is 1.23. The highest BCUT2D eigenvalue weighted by Crippen LogP contribution is 2.24. The Labute approximate surface area is 100 Å². The Bertz CT molecular complexity index is 477. The van der Waals surface area contributed by atoms with Crippen LogP contribution in [0.25, 0.3) is 0 Å². The van der Waals surface area contributed by atoms with Crippen molar-refractivity contribution in [2.45, 2.75) is 17.7 Å². The molecule has 90 valence electrons. The molecule has 1 rings (SSSR count). The van der Waals surface area contributed by atoms with E-state index in [0.717, 1.165) is 10.5 Å². The van der Waals surface area contributed by atoms with Gasteiger partial charge >= 0.3 is 0 Å². The summed E-state index contributed by atoms with van der Waals surface area (Å²) < 4.78 is 25.7. The second kappa shape index (κ2) is 5.09. The van der Waals surface area contributed by atoms with Gasteiger partial charge in [-0.2, -0.15) is 4.31 Å². The number of nitrogens with zero attached hydrogens (tertiary/aromatic N) is 1. The van der Waals surface area contributed by atoms with Crippen LogP contribution in [0.5, 0.6) is 0 Å². The Morgan fingerprint density at radius 1 is 1.56 bits per heavy atom. The molecule has 0 radical (unpaired) electrons. The summed E-state index contributed by atoms with van der Waals surface area (Å²) in [5.74, 6) is 0. The molecule has 0 fully saturated rings. The van der Waals surface area contributed by atoms with Crippen LogP contribution in [0.4, 0.5) is 0 Å². The summed E-state index contributed by atoms with van der Waals surface area (Å²) in [5, 5.41) is 0. The van der Waals surface area contributed by atoms with Crippen molar-refractivity contribution >= 4 is 21.4 Å². The quantitative estimate of drug-likeness (QED) is 0.814. The third kappa shape index (κ3) is 2.91. The second-order valence-electron chi connectivity index (χ2n) is 3.64. The molecule has 0 aliphatic rings. The Hall–Kier alpha value is -0.690. The molecule has 6 heteroatoms. The number of hydrogen-bond donors (Lipinski definition) is 1. The molecule has 0 bridgehead atoms. The molecule has 0 unspecified atom stereocenters. The van der Waals surface area contributed by atoms with Gasteiger partial charge in [0, 0.05) is 25.0 Å². The number of thiophene rings is 1. The van der Waals surface area contributed by atoms with Crippen molar-refractivity contribution in [3.05, 3.63) is 29.2 Å². The fourth-order valence-corrected chi connectivity index (χ4v) is 3.90. The average Bonchev–Trinajstić information content (AvgIpc) is 2.65. The van der Waals surface area contributed by atoms with Crippen molar-refractivity contribution < 1.29 is 8.42 Å². The molecular weight excluding hydrogens is 244 g/mol. The number of likely N-dealkylation sites (N-methyl/N-ethyl adjacent to an activating group) is 1. The molecular formula is C10H16N2O2S2. The lowest BCUT2D eigenvalue weighted by atomic mass is 10.4. The smallest absolute Gasteiger partial charge is 0.252 e. The summed E-state index contributed by atoms with van der Waals surface area (Å²) >= 11 is 1.21. The van der Waals surface area contributed by atoms with Crippen LogP contribution in [-0.2, 0) is 16.6 Å². The lowest BCUT2D eigenvalue weighted by Crippen LogP contribution is -2.27. The van der Waals surface area contributed by atoms with Crippen molar-refractivity contribution in [1.82, 2.24) is 4.31 Å². The van der Waals surface area contributed by atoms with E-state index in [1.807, 2.05) is 0 Å². The molecule has 2 N–H and O–H groups in total. The van der Waals surface area contributed by atoms with Crippen LogP contribution in [0.2, 0.25) is 0 Å². The minimum Gasteiger partial charge on any atom is -0.326 e. The van der Waals surface area contributed by atoms with Crippen molar-refractivity contribution in [2.24, 2.45) is 5.73 Å². The highest BCUT2D eigenvalue weighted by atomic mass is 32.2. The maximum Gasteiger partial charge on any atom is 0.252 e. The topological polar surface area (TPSA) is 63.4 Å². The van der Waals surface area contributed by atoms with E-state index in [9.17, 15) is 8.42 Å². The van der Waals surface area contributed by atoms with E-state index in [4.69, 9.17) is 5.73 Å². The first-order chi connectivity index (χ1) is 7.37. The molecule has 0 aliphatic carbocycles. The first-order valence-electron chi connectivity index (χ1n) is 4.77. The summed E-state index contributed by atoms with van der Waals surface area (Å²) in [5.41, 5.74) is 6.26. The van der Waals surface area contributed by atoms with Crippen LogP contribution < -0.4 is 5.73 Å². The molecule has 0 saturated carbocycles. The molecule has 1 heterocycles. The standard InChI is InChI=1S/C10H16N2O2S2/c1-8(2)7-12(3)16(13,14)10-5-4-9(6-11)15-10/h4-5H,1,6-7,11H2,2-3H3. The van der Waals surface area contributed by atoms with Crippen molar-refractivity contribution in [3.8, 4) is 0 Å². The normalized spacial score (nSPS) is 12.0. The molecule has 0 aliphatic heterocycles. The van der Waals surface area contributed by atoms with Gasteiger partial charge in [-0.15, -0.1) is 11.3 Å². The van der Waals surface area contributed by atoms with Gasteiger partial charge in [0.2, 0.25) is 0 Å². The summed E-state index contributed by atoms with van der Waals surface area (Å²) in [6.07, 6.45) is 0. The highest BCUT2D eigenvalue weighted by Gasteiger charge is 2.22. The number of hydrogen-bond acceptors (Lipinski definition) is 4. The van der Waals surface area contributed by atoms with Gasteiger partial charge < -0.3 is 5.73 Å². The van der Waals surface area contributed by atoms with Crippen LogP contribution in [0.3, 0.4) is 0 Å². The number of nitrogens with two attached hydrogens (primary N) is 1. The summed E-state index contributed by atoms with van der Waals surface area (Å²) in [6.45, 7) is 6.20. The Morgan fingerprint density at radius 3 is 2.62 bits per heavy atom. The number of sulfonamides is 1. The Morgan fingerprint density at radius 2 is 2.19 bits per heavy atom. The zero-order chi connectivity index (χ0) is 12.3. The first-order valence-corrected chi connectivity index (χ1v) is 7.03. The molecule has 1 aromatic rings. The van der Waals surface area contributed by atoms with Gasteiger partial charge in [-0.3, -0.25) is 0 Å². The van der Waals surface area contributed by atoms with Crippen molar-refractivity contribution in [2.75, 3.05) is 13.6 Å². The van der Waals surface area contributed by atoms with Crippen LogP contribution in [-0.4, -0.2) is 26.3 Å². The third-order valence-corrected chi connectivity index (χ3v) is 5.37. The van der Waals surface area contributed by atoms with Crippen LogP contribution in [0.1, 0.15) is 11.8 Å². The van der Waals surface area contributed by atoms with Gasteiger partial charge in [0.05, 0.1) is 0 Å². The van der Waals surface area contributed by atoms with Gasteiger partial charge in [0.25, 0.3) is 10.0 Å². The van der Waals surface area contributed by atoms with E-state index in [1.54, 1.807) is 26.1 Å². The van der Waals surface area contributed by atoms with Gasteiger partial charge in [-0.25, -0.2) is 8.42 Å². The molecule has 1 aromatic heterocycles. The monoisotopic (exact) mass is 260 g/mol. The van der Waals surface area contributed by atoms with Crippen LogP contribution in [0, 0.1) is 0 Å². The Balaban J connectivity index is 2.97. The maximum atomic E-state index is 12.1. The predicted molar refractivity (Wildman–Crippen MR) is 66.8 cm³/mol. The SMILES string of the molecule is C=C(C)CN(C)S(=O)(=O)c1ccc(CN)s1. The Kier molecular flexibility index (Phi) is 4.26. The van der Waals surface area contributed by atoms with E-state index in [-0.39, 0.29) is 0 Å². The van der Waals surface area contributed by atoms with Crippen molar-refractivity contribution in [1.29, 1.82) is 0 Å². The first kappa shape index (κ1) is 13.4. The zero-order valence-corrected chi connectivity index (χ0v) is 11.1. The van der Waals surface area contributed by atoms with Crippen molar-refractivity contribution in [3.63, 3.8) is 0 Å². The van der Waals surface area contributed by atoms with E-state index in [0.29, 0.717) is 17.3 Å². The molecule has 0 aromatic carbocycles. The minimum atomic E-state index is -3.39. The lowest BCUT2D eigenvalue weighted by Gasteiger charge is -2.15. The molecule has 0 atom stereocenters. The summed E-state index contributed by atoms with van der Waals surface area (Å²) in [6, 6.07) is 3.34. The van der Waals surface area contributed by atoms with Crippen LogP contribution >= 0.6 is 11.3 Å². The van der Waals surface area contributed by atoms with E-state index < -0.39 is 10.0 Å². The van der Waals surface area contributed by atoms with E-state index >= 15 is 0 Å². The zero-order valence-electron chi connectivity index (χ0n) is 9.43. The summed E-state index contributed by atoms with van der Waals surface area (Å²) in [4.78, 5) is 0.863. The molecule has 4 nitrogen and oxygen atoms in total. The third-order valence-electron chi connectivity index (χ3n) is 2.00. The predicted octanol–water partition coefficient (Wildman–Crippen LogP) is 1.40. The molecule has 0 amide bonds. The van der Waals surface area contributed by atoms with E-state index in [2.05, 4.69) is 6.58 Å². The van der Waals surface area contributed by atoms with Gasteiger partial charge in [0.1, 0.15) is 4.21 Å². The average molecular weight is 260 g/mol. The maximum absolute atomic E-state index is 12.1. The largest absolute Gasteiger partial charge is 0.326 e. The highest BCUT2D eigenvalue weighted by molar-refractivity contribution is 7.91. The molecule has 0 spiro atoms. The van der Waals surface area contributed by atoms with Crippen LogP contribution in [0.15, 0.2) is 28.5 Å². The molecule has 16 heavy (non-hydrogen) atoms. The summed E-state index contributed by atoms with van der Waals surface area (Å²) in [7, 11) is -1.84. The number of rotatable bonds is 5.